The summed E-state index contributed by atoms with van der Waals surface area (Å²) in [6.45, 7) is 1.86. The molecule has 3 nitrogen and oxygen atoms in total. The van der Waals surface area contributed by atoms with E-state index in [0.29, 0.717) is 11.4 Å². The fraction of sp³-hybridized carbons (Fsp3) is 0.600. The molecule has 1 amide bonds. The maximum atomic E-state index is 10.4. The van der Waals surface area contributed by atoms with E-state index in [4.69, 9.17) is 0 Å². The third-order valence-electron chi connectivity index (χ3n) is 0.748. The van der Waals surface area contributed by atoms with Crippen molar-refractivity contribution in [1.29, 1.82) is 0 Å². The molecule has 0 aromatic heterocycles. The summed E-state index contributed by atoms with van der Waals surface area (Å²) in [4.78, 5) is 10.9. The Morgan fingerprint density at radius 1 is 1.78 bits per heavy atom. The van der Waals surface area contributed by atoms with Gasteiger partial charge in [0.25, 0.3) is 0 Å². The second-order valence-corrected chi connectivity index (χ2v) is 1.89. The fourth-order valence-electron chi connectivity index (χ4n) is 0.253. The minimum Gasteiger partial charge on any atom is -0.453 e. The van der Waals surface area contributed by atoms with E-state index in [1.165, 1.54) is 7.11 Å². The molecular formula is C5H9NO2S. The molecule has 9 heavy (non-hydrogen) atoms. The van der Waals surface area contributed by atoms with Crippen molar-refractivity contribution in [3.8, 4) is 0 Å². The van der Waals surface area contributed by atoms with Crippen LogP contribution in [-0.4, -0.2) is 18.2 Å². The summed E-state index contributed by atoms with van der Waals surface area (Å²) in [5.41, 5.74) is 0. The molecule has 0 rings (SSSR count). The first-order valence-electron chi connectivity index (χ1n) is 2.58. The van der Waals surface area contributed by atoms with Crippen molar-refractivity contribution in [2.24, 2.45) is 0 Å². The zero-order chi connectivity index (χ0) is 7.28. The molecule has 0 spiro atoms. The van der Waals surface area contributed by atoms with E-state index in [1.807, 2.05) is 6.92 Å². The Balaban J connectivity index is 3.47. The molecule has 1 N–H and O–H groups in total. The number of carbonyl (C=O) groups is 1. The van der Waals surface area contributed by atoms with E-state index in [2.05, 4.69) is 22.3 Å². The number of rotatable bonds is 1. The monoisotopic (exact) mass is 147 g/mol. The Kier molecular flexibility index (Phi) is 3.96. The van der Waals surface area contributed by atoms with Crippen LogP contribution in [0, 0.1) is 0 Å². The van der Waals surface area contributed by atoms with Gasteiger partial charge in [-0.15, -0.1) is 0 Å². The number of ether oxygens (including phenoxy) is 1. The lowest BCUT2D eigenvalue weighted by atomic mass is 10.5. The van der Waals surface area contributed by atoms with Gasteiger partial charge in [-0.05, 0) is 6.42 Å². The zero-order valence-electron chi connectivity index (χ0n) is 5.43. The molecule has 0 aromatic carbocycles. The van der Waals surface area contributed by atoms with Gasteiger partial charge in [-0.3, -0.25) is 5.32 Å². The highest BCUT2D eigenvalue weighted by Gasteiger charge is 1.98. The van der Waals surface area contributed by atoms with E-state index in [1.54, 1.807) is 0 Å². The third-order valence-corrected chi connectivity index (χ3v) is 1.14. The van der Waals surface area contributed by atoms with Crippen LogP contribution in [0.2, 0.25) is 0 Å². The fourth-order valence-corrected chi connectivity index (χ4v) is 0.337. The average Bonchev–Trinajstić information content (AvgIpc) is 1.87. The molecule has 0 aliphatic heterocycles. The number of hydrogen-bond acceptors (Lipinski definition) is 3. The molecule has 0 unspecified atom stereocenters. The highest BCUT2D eigenvalue weighted by Crippen LogP contribution is 1.80. The summed E-state index contributed by atoms with van der Waals surface area (Å²) in [5.74, 6) is 0. The topological polar surface area (TPSA) is 38.3 Å². The molecular weight excluding hydrogens is 138 g/mol. The van der Waals surface area contributed by atoms with Crippen molar-refractivity contribution in [2.75, 3.05) is 7.11 Å². The minimum absolute atomic E-state index is 0.498. The first kappa shape index (κ1) is 8.36. The maximum absolute atomic E-state index is 10.4. The summed E-state index contributed by atoms with van der Waals surface area (Å²) < 4.78 is 4.29. The number of hydrogen-bond donors (Lipinski definition) is 1. The van der Waals surface area contributed by atoms with Crippen molar-refractivity contribution in [1.82, 2.24) is 5.32 Å². The van der Waals surface area contributed by atoms with Gasteiger partial charge in [-0.2, -0.15) is 0 Å². The summed E-state index contributed by atoms with van der Waals surface area (Å²) >= 11 is 4.69. The zero-order valence-corrected chi connectivity index (χ0v) is 6.25. The lowest BCUT2D eigenvalue weighted by Crippen LogP contribution is -2.27. The van der Waals surface area contributed by atoms with E-state index >= 15 is 0 Å². The second-order valence-electron chi connectivity index (χ2n) is 1.39. The molecule has 52 valence electrons. The van der Waals surface area contributed by atoms with Crippen molar-refractivity contribution in [2.45, 2.75) is 13.3 Å². The first-order chi connectivity index (χ1) is 4.20. The van der Waals surface area contributed by atoms with Crippen LogP contribution in [0.5, 0.6) is 0 Å². The minimum atomic E-state index is -0.498. The molecule has 0 radical (unpaired) electrons. The van der Waals surface area contributed by atoms with Crippen LogP contribution < -0.4 is 5.32 Å². The Morgan fingerprint density at radius 2 is 2.33 bits per heavy atom. The van der Waals surface area contributed by atoms with Gasteiger partial charge in [-0.25, -0.2) is 4.79 Å². The number of amides is 1. The molecule has 0 saturated heterocycles. The number of methoxy groups -OCH3 is 1. The molecule has 0 aliphatic rings. The second kappa shape index (κ2) is 4.26. The number of nitrogens with one attached hydrogen (secondary N) is 1. The van der Waals surface area contributed by atoms with Crippen LogP contribution in [-0.2, 0) is 4.74 Å². The maximum Gasteiger partial charge on any atom is 0.411 e. The van der Waals surface area contributed by atoms with Crippen LogP contribution in [0.25, 0.3) is 0 Å². The first-order valence-corrected chi connectivity index (χ1v) is 2.99. The van der Waals surface area contributed by atoms with E-state index in [9.17, 15) is 4.79 Å². The van der Waals surface area contributed by atoms with Crippen LogP contribution >= 0.6 is 12.2 Å². The van der Waals surface area contributed by atoms with E-state index in [-0.39, 0.29) is 0 Å². The third kappa shape index (κ3) is 3.90. The summed E-state index contributed by atoms with van der Waals surface area (Å²) in [5, 5.41) is 2.35. The Hall–Kier alpha value is -0.640. The lowest BCUT2D eigenvalue weighted by molar-refractivity contribution is 0.177. The Labute approximate surface area is 59.4 Å². The Bertz CT molecular complexity index is 110. The van der Waals surface area contributed by atoms with Crippen LogP contribution in [0.1, 0.15) is 13.3 Å². The van der Waals surface area contributed by atoms with E-state index in [0.717, 1.165) is 0 Å². The van der Waals surface area contributed by atoms with Crippen LogP contribution in [0.4, 0.5) is 4.79 Å². The highest BCUT2D eigenvalue weighted by atomic mass is 32.1. The number of carbonyl (C=O) groups excluding carboxylic acids is 1. The molecule has 0 fully saturated rings. The van der Waals surface area contributed by atoms with Gasteiger partial charge in [0, 0.05) is 0 Å². The summed E-state index contributed by atoms with van der Waals surface area (Å²) in [7, 11) is 1.30. The predicted octanol–water partition coefficient (Wildman–Crippen LogP) is 1.08. The van der Waals surface area contributed by atoms with Crippen molar-refractivity contribution >= 4 is 23.3 Å². The summed E-state index contributed by atoms with van der Waals surface area (Å²) in [6.07, 6.45) is 0.159. The van der Waals surface area contributed by atoms with Gasteiger partial charge in [0.1, 0.15) is 0 Å². The smallest absolute Gasteiger partial charge is 0.411 e. The number of thiocarbonyl (C=S) groups is 1. The van der Waals surface area contributed by atoms with E-state index < -0.39 is 6.09 Å². The SMILES string of the molecule is CCC(=S)NC(=O)OC. The lowest BCUT2D eigenvalue weighted by Gasteiger charge is -2.00. The van der Waals surface area contributed by atoms with Crippen LogP contribution in [0.3, 0.4) is 0 Å². The number of alkyl carbamates (subject to hydrolysis) is 1. The predicted molar refractivity (Wildman–Crippen MR) is 38.4 cm³/mol. The van der Waals surface area contributed by atoms with Crippen LogP contribution in [0.15, 0.2) is 0 Å². The van der Waals surface area contributed by atoms with Gasteiger partial charge in [-0.1, -0.05) is 19.1 Å². The Morgan fingerprint density at radius 3 is 2.67 bits per heavy atom. The van der Waals surface area contributed by atoms with Gasteiger partial charge in [0.15, 0.2) is 0 Å². The quantitative estimate of drug-likeness (QED) is 0.564. The largest absolute Gasteiger partial charge is 0.453 e. The van der Waals surface area contributed by atoms with Crippen molar-refractivity contribution in [3.05, 3.63) is 0 Å². The summed E-state index contributed by atoms with van der Waals surface area (Å²) in [6, 6.07) is 0. The van der Waals surface area contributed by atoms with Gasteiger partial charge >= 0.3 is 6.09 Å². The van der Waals surface area contributed by atoms with Crippen molar-refractivity contribution in [3.63, 3.8) is 0 Å². The molecule has 0 aliphatic carbocycles. The molecule has 0 aromatic rings. The molecule has 4 heteroatoms. The normalized spacial score (nSPS) is 8.22. The van der Waals surface area contributed by atoms with Crippen molar-refractivity contribution < 1.29 is 9.53 Å². The highest BCUT2D eigenvalue weighted by molar-refractivity contribution is 7.80. The molecule has 0 bridgehead atoms. The standard InChI is InChI=1S/C5H9NO2S/c1-3-4(9)6-5(7)8-2/h3H2,1-2H3,(H,6,7,9). The molecule has 0 heterocycles. The van der Waals surface area contributed by atoms with Gasteiger partial charge < -0.3 is 4.74 Å². The average molecular weight is 147 g/mol. The van der Waals surface area contributed by atoms with Gasteiger partial charge in [0.2, 0.25) is 0 Å². The molecule has 0 saturated carbocycles. The molecule has 0 atom stereocenters. The van der Waals surface area contributed by atoms with Gasteiger partial charge in [0.05, 0.1) is 12.1 Å².